The highest BCUT2D eigenvalue weighted by Gasteiger charge is 2.17. The minimum atomic E-state index is -3.07. The summed E-state index contributed by atoms with van der Waals surface area (Å²) in [5.74, 6) is 0.758. The predicted octanol–water partition coefficient (Wildman–Crippen LogP) is 3.88. The van der Waals surface area contributed by atoms with Gasteiger partial charge in [0.25, 0.3) is 0 Å². The molecule has 3 rings (SSSR count). The van der Waals surface area contributed by atoms with Crippen molar-refractivity contribution in [2.45, 2.75) is 6.23 Å². The molecule has 2 atom stereocenters. The van der Waals surface area contributed by atoms with Gasteiger partial charge in [-0.1, -0.05) is 17.4 Å². The van der Waals surface area contributed by atoms with E-state index in [0.717, 1.165) is 20.8 Å². The van der Waals surface area contributed by atoms with Crippen LogP contribution in [0.25, 0.3) is 10.2 Å². The molecule has 2 unspecified atom stereocenters. The molecular weight excluding hydrogens is 343 g/mol. The van der Waals surface area contributed by atoms with E-state index in [2.05, 4.69) is 10.3 Å². The van der Waals surface area contributed by atoms with E-state index in [1.807, 2.05) is 35.7 Å². The maximum Gasteiger partial charge on any atom is 0.318 e. The van der Waals surface area contributed by atoms with Gasteiger partial charge in [0.05, 0.1) is 22.2 Å². The number of rotatable bonds is 6. The van der Waals surface area contributed by atoms with Crippen LogP contribution in [0, 0.1) is 0 Å². The van der Waals surface area contributed by atoms with Crippen LogP contribution in [0.2, 0.25) is 0 Å². The number of nitrogens with zero attached hydrogens (tertiary/aromatic N) is 1. The molecular formula is C13H13N2O4PS2. The number of thiazole rings is 1. The van der Waals surface area contributed by atoms with E-state index in [9.17, 15) is 4.57 Å². The van der Waals surface area contributed by atoms with Gasteiger partial charge >= 0.3 is 8.25 Å². The first-order valence-electron chi connectivity index (χ1n) is 6.30. The molecule has 0 spiro atoms. The van der Waals surface area contributed by atoms with Crippen LogP contribution in [0.5, 0.6) is 5.75 Å². The molecule has 3 aromatic rings. The third-order valence-electron chi connectivity index (χ3n) is 2.87. The lowest BCUT2D eigenvalue weighted by atomic mass is 10.3. The number of methoxy groups -OCH3 is 1. The molecule has 0 aliphatic heterocycles. The lowest BCUT2D eigenvalue weighted by Crippen LogP contribution is -2.09. The van der Waals surface area contributed by atoms with E-state index in [4.69, 9.17) is 14.2 Å². The van der Waals surface area contributed by atoms with Crippen molar-refractivity contribution >= 4 is 46.3 Å². The largest absolute Gasteiger partial charge is 0.497 e. The van der Waals surface area contributed by atoms with E-state index >= 15 is 0 Å². The molecule has 0 radical (unpaired) electrons. The van der Waals surface area contributed by atoms with Crippen molar-refractivity contribution in [3.8, 4) is 5.75 Å². The third kappa shape index (κ3) is 3.48. The molecule has 2 aromatic heterocycles. The first kappa shape index (κ1) is 15.5. The lowest BCUT2D eigenvalue weighted by molar-refractivity contribution is 0.219. The van der Waals surface area contributed by atoms with Crippen molar-refractivity contribution in [1.82, 2.24) is 4.98 Å². The van der Waals surface area contributed by atoms with Crippen molar-refractivity contribution in [1.29, 1.82) is 0 Å². The van der Waals surface area contributed by atoms with Crippen molar-refractivity contribution in [3.63, 3.8) is 0 Å². The van der Waals surface area contributed by atoms with Crippen LogP contribution in [0.15, 0.2) is 35.7 Å². The second-order valence-electron chi connectivity index (χ2n) is 4.28. The Morgan fingerprint density at radius 1 is 1.41 bits per heavy atom. The van der Waals surface area contributed by atoms with Crippen LogP contribution >= 0.6 is 30.9 Å². The summed E-state index contributed by atoms with van der Waals surface area (Å²) < 4.78 is 22.3. The zero-order valence-corrected chi connectivity index (χ0v) is 14.1. The highest BCUT2D eigenvalue weighted by Crippen LogP contribution is 2.35. The second kappa shape index (κ2) is 6.76. The first-order valence-corrected chi connectivity index (χ1v) is 9.26. The van der Waals surface area contributed by atoms with Gasteiger partial charge in [0, 0.05) is 0 Å². The van der Waals surface area contributed by atoms with E-state index in [1.165, 1.54) is 22.7 Å². The molecule has 0 bridgehead atoms. The Hall–Kier alpha value is -1.44. The fourth-order valence-electron chi connectivity index (χ4n) is 1.91. The standard InChI is InChI=1S/C13H13N2O4PS2/c1-18-8-4-5-9-11(7-8)22-13(14-9)15-12(19-20(16)17)10-3-2-6-21-10/h2-7,12,20H,1H3,(H,14,15)(H,16,17). The monoisotopic (exact) mass is 356 g/mol. The van der Waals surface area contributed by atoms with Gasteiger partial charge in [-0.2, -0.15) is 0 Å². The molecule has 0 aliphatic rings. The average molecular weight is 356 g/mol. The predicted molar refractivity (Wildman–Crippen MR) is 89.2 cm³/mol. The number of hydrogen-bond donors (Lipinski definition) is 2. The van der Waals surface area contributed by atoms with Crippen molar-refractivity contribution < 1.29 is 18.7 Å². The van der Waals surface area contributed by atoms with Gasteiger partial charge in [-0.3, -0.25) is 9.09 Å². The summed E-state index contributed by atoms with van der Waals surface area (Å²) in [5.41, 5.74) is 0.829. The third-order valence-corrected chi connectivity index (χ3v) is 5.17. The Morgan fingerprint density at radius 3 is 2.95 bits per heavy atom. The molecule has 116 valence electrons. The van der Waals surface area contributed by atoms with E-state index in [0.29, 0.717) is 5.13 Å². The van der Waals surface area contributed by atoms with Crippen LogP contribution in [0.4, 0.5) is 5.13 Å². The number of ether oxygens (including phenoxy) is 1. The summed E-state index contributed by atoms with van der Waals surface area (Å²) in [6, 6.07) is 9.30. The quantitative estimate of drug-likeness (QED) is 0.515. The highest BCUT2D eigenvalue weighted by molar-refractivity contribution is 7.32. The van der Waals surface area contributed by atoms with Crippen LogP contribution in [-0.2, 0) is 9.09 Å². The van der Waals surface area contributed by atoms with E-state index in [-0.39, 0.29) is 0 Å². The SMILES string of the molecule is COc1ccc2nc(NC(O[PH](=O)O)c3cccs3)sc2c1. The van der Waals surface area contributed by atoms with Crippen LogP contribution < -0.4 is 10.1 Å². The summed E-state index contributed by atoms with van der Waals surface area (Å²) in [4.78, 5) is 14.3. The van der Waals surface area contributed by atoms with E-state index < -0.39 is 14.5 Å². The molecule has 6 nitrogen and oxygen atoms in total. The van der Waals surface area contributed by atoms with Crippen molar-refractivity contribution in [2.75, 3.05) is 12.4 Å². The van der Waals surface area contributed by atoms with Crippen LogP contribution in [0.3, 0.4) is 0 Å². The van der Waals surface area contributed by atoms with Gasteiger partial charge in [0.1, 0.15) is 5.75 Å². The molecule has 9 heteroatoms. The fourth-order valence-corrected chi connectivity index (χ4v) is 3.99. The average Bonchev–Trinajstić information content (AvgIpc) is 3.14. The Bertz CT molecular complexity index is 791. The smallest absolute Gasteiger partial charge is 0.318 e. The van der Waals surface area contributed by atoms with Crippen LogP contribution in [-0.4, -0.2) is 17.0 Å². The number of benzene rings is 1. The molecule has 0 fully saturated rings. The van der Waals surface area contributed by atoms with Gasteiger partial charge in [0.15, 0.2) is 11.4 Å². The topological polar surface area (TPSA) is 80.7 Å². The number of hydrogen-bond acceptors (Lipinski definition) is 7. The van der Waals surface area contributed by atoms with Crippen molar-refractivity contribution in [2.24, 2.45) is 0 Å². The molecule has 0 saturated heterocycles. The summed E-state index contributed by atoms with van der Waals surface area (Å²) in [6.45, 7) is 0. The maximum absolute atomic E-state index is 11.0. The first-order chi connectivity index (χ1) is 10.7. The number of aromatic nitrogens is 1. The Labute approximate surface area is 135 Å². The van der Waals surface area contributed by atoms with Gasteiger partial charge in [-0.15, -0.1) is 11.3 Å². The highest BCUT2D eigenvalue weighted by atomic mass is 32.1. The zero-order chi connectivity index (χ0) is 15.5. The Balaban J connectivity index is 1.87. The minimum absolute atomic E-state index is 0.616. The number of nitrogens with one attached hydrogen (secondary N) is 1. The number of thiophene rings is 1. The number of fused-ring (bicyclic) bond motifs is 1. The number of anilines is 1. The Morgan fingerprint density at radius 2 is 2.27 bits per heavy atom. The summed E-state index contributed by atoms with van der Waals surface area (Å²) in [5, 5.41) is 5.56. The zero-order valence-electron chi connectivity index (χ0n) is 11.5. The van der Waals surface area contributed by atoms with Gasteiger partial charge in [0.2, 0.25) is 0 Å². The second-order valence-corrected chi connectivity index (χ2v) is 7.05. The summed E-state index contributed by atoms with van der Waals surface area (Å²) in [7, 11) is -1.45. The molecule has 2 N–H and O–H groups in total. The molecule has 0 aliphatic carbocycles. The summed E-state index contributed by atoms with van der Waals surface area (Å²) in [6.07, 6.45) is -0.696. The van der Waals surface area contributed by atoms with Gasteiger partial charge < -0.3 is 14.9 Å². The van der Waals surface area contributed by atoms with Gasteiger partial charge in [-0.05, 0) is 29.6 Å². The molecule has 2 heterocycles. The molecule has 22 heavy (non-hydrogen) atoms. The normalized spacial score (nSPS) is 13.9. The molecule has 0 saturated carbocycles. The fraction of sp³-hybridized carbons (Fsp3) is 0.154. The lowest BCUT2D eigenvalue weighted by Gasteiger charge is -2.15. The van der Waals surface area contributed by atoms with Crippen LogP contribution in [0.1, 0.15) is 11.1 Å². The molecule has 0 amide bonds. The summed E-state index contributed by atoms with van der Waals surface area (Å²) >= 11 is 2.87. The minimum Gasteiger partial charge on any atom is -0.497 e. The van der Waals surface area contributed by atoms with Crippen molar-refractivity contribution in [3.05, 3.63) is 40.6 Å². The Kier molecular flexibility index (Phi) is 4.75. The molecule has 1 aromatic carbocycles. The van der Waals surface area contributed by atoms with Gasteiger partial charge in [-0.25, -0.2) is 4.98 Å². The van der Waals surface area contributed by atoms with E-state index in [1.54, 1.807) is 7.11 Å². The maximum atomic E-state index is 11.0.